The molecular formula is H4AlNaO3. The van der Waals surface area contributed by atoms with Crippen LogP contribution < -0.4 is 29.6 Å². The van der Waals surface area contributed by atoms with E-state index in [2.05, 4.69) is 0 Å². The van der Waals surface area contributed by atoms with Crippen molar-refractivity contribution in [1.29, 1.82) is 0 Å². The summed E-state index contributed by atoms with van der Waals surface area (Å²) in [4.78, 5) is 0. The SMILES string of the molecule is [Al+3].[H-].[Na+].[OH-].[OH-].[OH-]. The van der Waals surface area contributed by atoms with Gasteiger partial charge in [0.1, 0.15) is 0 Å². The predicted octanol–water partition coefficient (Wildman–Crippen LogP) is -3.79. The van der Waals surface area contributed by atoms with Crippen molar-refractivity contribution in [1.82, 2.24) is 0 Å². The molecule has 0 fully saturated rings. The van der Waals surface area contributed by atoms with Crippen molar-refractivity contribution in [3.05, 3.63) is 0 Å². The van der Waals surface area contributed by atoms with Crippen LogP contribution in [0.15, 0.2) is 0 Å². The molecule has 0 aromatic heterocycles. The number of hydrogen-bond acceptors (Lipinski definition) is 3. The summed E-state index contributed by atoms with van der Waals surface area (Å²) in [6, 6.07) is 0. The van der Waals surface area contributed by atoms with Gasteiger partial charge in [0.15, 0.2) is 0 Å². The first-order chi connectivity index (χ1) is 0. The molecule has 0 aromatic carbocycles. The fraction of sp³-hybridized carbons (Fsp3) is 0. The molecule has 0 radical (unpaired) electrons. The topological polar surface area (TPSA) is 90.0 Å². The van der Waals surface area contributed by atoms with E-state index in [0.29, 0.717) is 0 Å². The van der Waals surface area contributed by atoms with Gasteiger partial charge in [-0.3, -0.25) is 0 Å². The fourth-order valence-corrected chi connectivity index (χ4v) is 0. The summed E-state index contributed by atoms with van der Waals surface area (Å²) < 4.78 is 0. The molecule has 26 valence electrons. The van der Waals surface area contributed by atoms with Crippen LogP contribution in [0.5, 0.6) is 0 Å². The molecule has 0 amide bonds. The van der Waals surface area contributed by atoms with Gasteiger partial charge in [-0.15, -0.1) is 0 Å². The Morgan fingerprint density at radius 3 is 0.800 bits per heavy atom. The number of hydrogen-bond donors (Lipinski definition) is 0. The van der Waals surface area contributed by atoms with E-state index in [1.807, 2.05) is 0 Å². The van der Waals surface area contributed by atoms with Crippen LogP contribution in [0, 0.1) is 0 Å². The van der Waals surface area contributed by atoms with Gasteiger partial charge >= 0.3 is 46.9 Å². The summed E-state index contributed by atoms with van der Waals surface area (Å²) in [6.07, 6.45) is 0. The second-order valence-corrected chi connectivity index (χ2v) is 0. The zero-order valence-corrected chi connectivity index (χ0v) is 6.07. The first-order valence-corrected chi connectivity index (χ1v) is 0. The largest absolute Gasteiger partial charge is 3.00 e. The van der Waals surface area contributed by atoms with E-state index < -0.39 is 0 Å². The van der Waals surface area contributed by atoms with E-state index in [0.717, 1.165) is 0 Å². The van der Waals surface area contributed by atoms with Crippen LogP contribution in [-0.2, 0) is 0 Å². The van der Waals surface area contributed by atoms with E-state index in [1.165, 1.54) is 0 Å². The van der Waals surface area contributed by atoms with Gasteiger partial charge in [0.05, 0.1) is 0 Å². The Morgan fingerprint density at radius 1 is 0.800 bits per heavy atom. The Kier molecular flexibility index (Phi) is 995. The minimum atomic E-state index is 0. The van der Waals surface area contributed by atoms with Crippen LogP contribution in [0.1, 0.15) is 1.43 Å². The van der Waals surface area contributed by atoms with E-state index in [-0.39, 0.29) is 64.8 Å². The van der Waals surface area contributed by atoms with Gasteiger partial charge in [-0.1, -0.05) is 0 Å². The molecule has 0 aromatic rings. The second kappa shape index (κ2) is 52.8. The molecule has 0 aliphatic carbocycles. The normalized spacial score (nSPS) is 0. The van der Waals surface area contributed by atoms with E-state index in [1.54, 1.807) is 0 Å². The zero-order valence-electron chi connectivity index (χ0n) is 3.92. The Hall–Kier alpha value is 1.41. The molecule has 0 rings (SSSR count). The summed E-state index contributed by atoms with van der Waals surface area (Å²) in [5.41, 5.74) is 0. The molecule has 0 bridgehead atoms. The van der Waals surface area contributed by atoms with Crippen molar-refractivity contribution in [2.45, 2.75) is 0 Å². The Labute approximate surface area is 64.6 Å². The average molecular weight is 102 g/mol. The summed E-state index contributed by atoms with van der Waals surface area (Å²) >= 11 is 0. The molecule has 0 saturated carbocycles. The minimum Gasteiger partial charge on any atom is -1.00 e. The smallest absolute Gasteiger partial charge is 1.00 e. The first-order valence-electron chi connectivity index (χ1n) is 0. The average Bonchev–Trinajstić information content (AvgIpc) is 0. The molecule has 3 nitrogen and oxygen atoms in total. The van der Waals surface area contributed by atoms with Crippen LogP contribution in [-0.4, -0.2) is 33.8 Å². The predicted molar refractivity (Wildman–Crippen MR) is 12.7 cm³/mol. The van der Waals surface area contributed by atoms with Crippen molar-refractivity contribution in [2.24, 2.45) is 0 Å². The monoisotopic (exact) mass is 102 g/mol. The van der Waals surface area contributed by atoms with E-state index >= 15 is 0 Å². The molecule has 0 spiro atoms. The molecule has 0 aliphatic heterocycles. The Bertz CT molecular complexity index is 10.8. The molecule has 0 heterocycles. The van der Waals surface area contributed by atoms with Gasteiger partial charge < -0.3 is 17.9 Å². The Balaban J connectivity index is 0. The van der Waals surface area contributed by atoms with Crippen LogP contribution in [0.25, 0.3) is 0 Å². The third-order valence-corrected chi connectivity index (χ3v) is 0. The molecule has 0 atom stereocenters. The summed E-state index contributed by atoms with van der Waals surface area (Å²) in [5, 5.41) is 0. The zero-order chi connectivity index (χ0) is 0. The molecule has 5 heavy (non-hydrogen) atoms. The molecule has 0 unspecified atom stereocenters. The number of rotatable bonds is 0. The maximum absolute atomic E-state index is 0. The van der Waals surface area contributed by atoms with Crippen molar-refractivity contribution in [2.75, 3.05) is 0 Å². The van der Waals surface area contributed by atoms with Crippen molar-refractivity contribution < 1.29 is 47.4 Å². The van der Waals surface area contributed by atoms with Crippen molar-refractivity contribution >= 4 is 17.4 Å². The third kappa shape index (κ3) is 31.6. The second-order valence-electron chi connectivity index (χ2n) is 0. The maximum atomic E-state index is 0. The fourth-order valence-electron chi connectivity index (χ4n) is 0. The van der Waals surface area contributed by atoms with Gasteiger partial charge in [0.2, 0.25) is 0 Å². The molecule has 0 saturated heterocycles. The van der Waals surface area contributed by atoms with E-state index in [4.69, 9.17) is 0 Å². The van der Waals surface area contributed by atoms with Crippen LogP contribution >= 0.6 is 0 Å². The minimum absolute atomic E-state index is 0. The summed E-state index contributed by atoms with van der Waals surface area (Å²) in [7, 11) is 0. The van der Waals surface area contributed by atoms with Crippen LogP contribution in [0.2, 0.25) is 0 Å². The third-order valence-electron chi connectivity index (χ3n) is 0. The van der Waals surface area contributed by atoms with Gasteiger partial charge in [0.25, 0.3) is 0 Å². The van der Waals surface area contributed by atoms with Gasteiger partial charge in [-0.25, -0.2) is 0 Å². The van der Waals surface area contributed by atoms with Gasteiger partial charge in [0, 0.05) is 0 Å². The van der Waals surface area contributed by atoms with Gasteiger partial charge in [-0.05, 0) is 0 Å². The van der Waals surface area contributed by atoms with Gasteiger partial charge in [-0.2, -0.15) is 0 Å². The van der Waals surface area contributed by atoms with Crippen molar-refractivity contribution in [3.63, 3.8) is 0 Å². The molecule has 5 heteroatoms. The molecule has 0 aliphatic rings. The van der Waals surface area contributed by atoms with E-state index in [9.17, 15) is 0 Å². The first kappa shape index (κ1) is 94.2. The quantitative estimate of drug-likeness (QED) is 0.294. The summed E-state index contributed by atoms with van der Waals surface area (Å²) in [5.74, 6) is 0. The van der Waals surface area contributed by atoms with Crippen LogP contribution in [0.4, 0.5) is 0 Å². The maximum Gasteiger partial charge on any atom is 3.00 e. The Morgan fingerprint density at radius 2 is 0.800 bits per heavy atom. The standard InChI is InChI=1S/Al.Na.3H2O.H/h;;3*1H2;/q+3;+1;;;;-1/p-3. The molecular weight excluding hydrogens is 98.0 g/mol. The summed E-state index contributed by atoms with van der Waals surface area (Å²) in [6.45, 7) is 0. The molecule has 3 N–H and O–H groups in total. The van der Waals surface area contributed by atoms with Crippen molar-refractivity contribution in [3.8, 4) is 0 Å². The van der Waals surface area contributed by atoms with Crippen LogP contribution in [0.3, 0.4) is 0 Å².